The van der Waals surface area contributed by atoms with E-state index in [-0.39, 0.29) is 11.6 Å². The second-order valence-electron chi connectivity index (χ2n) is 5.48. The van der Waals surface area contributed by atoms with Crippen molar-refractivity contribution in [2.45, 2.75) is 20.8 Å². The molecule has 2 aromatic rings. The number of ketones is 2. The lowest BCUT2D eigenvalue weighted by Gasteiger charge is -2.28. The first-order valence-corrected chi connectivity index (χ1v) is 7.09. The van der Waals surface area contributed by atoms with Crippen LogP contribution in [0.1, 0.15) is 26.3 Å². The maximum atomic E-state index is 12.2. The van der Waals surface area contributed by atoms with Gasteiger partial charge in [-0.1, -0.05) is 42.5 Å². The van der Waals surface area contributed by atoms with Crippen LogP contribution in [0.3, 0.4) is 0 Å². The molecular formula is C19H18O3. The Hall–Kier alpha value is -2.55. The Labute approximate surface area is 129 Å². The maximum absolute atomic E-state index is 12.2. The average molecular weight is 294 g/mol. The van der Waals surface area contributed by atoms with Crippen molar-refractivity contribution in [1.29, 1.82) is 0 Å². The molecular weight excluding hydrogens is 276 g/mol. The smallest absolute Gasteiger partial charge is 0.147 e. The van der Waals surface area contributed by atoms with E-state index in [4.69, 9.17) is 0 Å². The van der Waals surface area contributed by atoms with E-state index < -0.39 is 5.41 Å². The van der Waals surface area contributed by atoms with Gasteiger partial charge in [-0.15, -0.1) is 0 Å². The molecule has 2 aromatic carbocycles. The Morgan fingerprint density at radius 3 is 2.14 bits per heavy atom. The number of fused-ring (bicyclic) bond motifs is 1. The van der Waals surface area contributed by atoms with Crippen molar-refractivity contribution in [1.82, 2.24) is 0 Å². The molecule has 0 N–H and O–H groups in total. The number of hydrogen-bond donors (Lipinski definition) is 0. The summed E-state index contributed by atoms with van der Waals surface area (Å²) in [6.07, 6.45) is 1.95. The van der Waals surface area contributed by atoms with Crippen molar-refractivity contribution < 1.29 is 14.4 Å². The van der Waals surface area contributed by atoms with Crippen LogP contribution in [0.15, 0.2) is 48.5 Å². The van der Waals surface area contributed by atoms with Gasteiger partial charge in [-0.05, 0) is 48.8 Å². The highest BCUT2D eigenvalue weighted by Crippen LogP contribution is 2.39. The summed E-state index contributed by atoms with van der Waals surface area (Å²) in [4.78, 5) is 35.4. The number of benzene rings is 2. The predicted octanol–water partition coefficient (Wildman–Crippen LogP) is 3.61. The third-order valence-electron chi connectivity index (χ3n) is 4.26. The first-order valence-electron chi connectivity index (χ1n) is 7.09. The average Bonchev–Trinajstić information content (AvgIpc) is 2.51. The zero-order valence-corrected chi connectivity index (χ0v) is 12.9. The summed E-state index contributed by atoms with van der Waals surface area (Å²) in [6.45, 7) is 4.34. The molecule has 0 atom stereocenters. The molecule has 0 amide bonds. The minimum atomic E-state index is -1.33. The molecule has 0 aliphatic carbocycles. The summed E-state index contributed by atoms with van der Waals surface area (Å²) in [6, 6.07) is 13.3. The third kappa shape index (κ3) is 2.50. The molecule has 112 valence electrons. The van der Waals surface area contributed by atoms with Crippen molar-refractivity contribution >= 4 is 34.2 Å². The number of allylic oxidation sites excluding steroid dienone is 2. The molecule has 2 rings (SSSR count). The lowest BCUT2D eigenvalue weighted by Crippen LogP contribution is -2.34. The van der Waals surface area contributed by atoms with Gasteiger partial charge in [-0.25, -0.2) is 0 Å². The van der Waals surface area contributed by atoms with E-state index in [1.54, 1.807) is 6.92 Å². The Morgan fingerprint density at radius 2 is 1.55 bits per heavy atom. The van der Waals surface area contributed by atoms with Crippen LogP contribution < -0.4 is 0 Å². The minimum Gasteiger partial charge on any atom is -0.299 e. The van der Waals surface area contributed by atoms with Crippen LogP contribution in [0.5, 0.6) is 0 Å². The summed E-state index contributed by atoms with van der Waals surface area (Å²) in [5, 5.41) is 1.90. The monoisotopic (exact) mass is 294 g/mol. The molecule has 3 heteroatoms. The Balaban J connectivity index is 2.82. The molecule has 0 saturated heterocycles. The highest BCUT2D eigenvalue weighted by Gasteiger charge is 2.40. The zero-order chi connectivity index (χ0) is 16.3. The maximum Gasteiger partial charge on any atom is 0.147 e. The molecule has 3 nitrogen and oxygen atoms in total. The van der Waals surface area contributed by atoms with E-state index in [9.17, 15) is 14.4 Å². The van der Waals surface area contributed by atoms with Gasteiger partial charge in [-0.2, -0.15) is 0 Å². The fourth-order valence-corrected chi connectivity index (χ4v) is 2.68. The normalized spacial score (nSPS) is 12.2. The third-order valence-corrected chi connectivity index (χ3v) is 4.26. The Bertz CT molecular complexity index is 765. The molecule has 0 unspecified atom stereocenters. The first-order chi connectivity index (χ1) is 10.4. The number of carbonyl (C=O) groups excluding carboxylic acids is 3. The van der Waals surface area contributed by atoms with Crippen molar-refractivity contribution in [3.8, 4) is 0 Å². The van der Waals surface area contributed by atoms with Crippen molar-refractivity contribution in [3.05, 3.63) is 54.1 Å². The molecule has 0 saturated carbocycles. The van der Waals surface area contributed by atoms with Gasteiger partial charge in [0.1, 0.15) is 23.3 Å². The number of carbonyl (C=O) groups is 3. The SMILES string of the molecule is CC(=O)C(C)(C(C)=O)/C(=C/C=O)c1cccc2ccccc12. The lowest BCUT2D eigenvalue weighted by molar-refractivity contribution is -0.133. The number of hydrogen-bond acceptors (Lipinski definition) is 3. The van der Waals surface area contributed by atoms with Gasteiger partial charge in [0.2, 0.25) is 0 Å². The van der Waals surface area contributed by atoms with Crippen LogP contribution in [-0.2, 0) is 14.4 Å². The van der Waals surface area contributed by atoms with Crippen LogP contribution in [-0.4, -0.2) is 17.9 Å². The first kappa shape index (κ1) is 15.8. The molecule has 0 aromatic heterocycles. The van der Waals surface area contributed by atoms with E-state index in [0.29, 0.717) is 11.9 Å². The quantitative estimate of drug-likeness (QED) is 0.481. The van der Waals surface area contributed by atoms with Crippen LogP contribution in [0.25, 0.3) is 16.3 Å². The molecule has 0 aliphatic rings. The van der Waals surface area contributed by atoms with E-state index >= 15 is 0 Å². The molecule has 22 heavy (non-hydrogen) atoms. The Morgan fingerprint density at radius 1 is 0.955 bits per heavy atom. The van der Waals surface area contributed by atoms with E-state index in [1.165, 1.54) is 19.9 Å². The second-order valence-corrected chi connectivity index (χ2v) is 5.48. The summed E-state index contributed by atoms with van der Waals surface area (Å²) >= 11 is 0. The van der Waals surface area contributed by atoms with E-state index in [0.717, 1.165) is 16.3 Å². The number of Topliss-reactive ketones (excluding diaryl/α,β-unsaturated/α-hetero) is 2. The minimum absolute atomic E-state index is 0.277. The molecule has 0 fully saturated rings. The predicted molar refractivity (Wildman–Crippen MR) is 87.5 cm³/mol. The van der Waals surface area contributed by atoms with Crippen LogP contribution >= 0.6 is 0 Å². The fraction of sp³-hybridized carbons (Fsp3) is 0.211. The van der Waals surface area contributed by atoms with Crippen molar-refractivity contribution in [3.63, 3.8) is 0 Å². The van der Waals surface area contributed by atoms with Crippen LogP contribution in [0, 0.1) is 5.41 Å². The van der Waals surface area contributed by atoms with Gasteiger partial charge in [0.25, 0.3) is 0 Å². The highest BCUT2D eigenvalue weighted by molar-refractivity contribution is 6.18. The van der Waals surface area contributed by atoms with E-state index in [1.807, 2.05) is 42.5 Å². The number of aldehydes is 1. The summed E-state index contributed by atoms with van der Waals surface area (Å²) in [7, 11) is 0. The molecule has 0 radical (unpaired) electrons. The van der Waals surface area contributed by atoms with Gasteiger partial charge < -0.3 is 0 Å². The van der Waals surface area contributed by atoms with Crippen LogP contribution in [0.2, 0.25) is 0 Å². The highest BCUT2D eigenvalue weighted by atomic mass is 16.2. The fourth-order valence-electron chi connectivity index (χ4n) is 2.68. The molecule has 0 heterocycles. The number of rotatable bonds is 5. The standard InChI is InChI=1S/C19H18O3/c1-13(21)19(3,14(2)22)18(11-12-20)17-10-6-8-15-7-4-5-9-16(15)17/h4-12H,1-3H3/b18-11+. The van der Waals surface area contributed by atoms with Gasteiger partial charge >= 0.3 is 0 Å². The van der Waals surface area contributed by atoms with E-state index in [2.05, 4.69) is 0 Å². The molecule has 0 spiro atoms. The lowest BCUT2D eigenvalue weighted by atomic mass is 9.72. The Kier molecular flexibility index (Phi) is 4.36. The van der Waals surface area contributed by atoms with Crippen LogP contribution in [0.4, 0.5) is 0 Å². The molecule has 0 bridgehead atoms. The summed E-state index contributed by atoms with van der Waals surface area (Å²) in [5.74, 6) is -0.554. The van der Waals surface area contributed by atoms with Gasteiger partial charge in [0.15, 0.2) is 0 Å². The topological polar surface area (TPSA) is 51.2 Å². The molecule has 0 aliphatic heterocycles. The zero-order valence-electron chi connectivity index (χ0n) is 12.9. The second kappa shape index (κ2) is 6.06. The summed E-state index contributed by atoms with van der Waals surface area (Å²) < 4.78 is 0. The van der Waals surface area contributed by atoms with Gasteiger partial charge in [0, 0.05) is 0 Å². The van der Waals surface area contributed by atoms with Gasteiger partial charge in [-0.3, -0.25) is 14.4 Å². The van der Waals surface area contributed by atoms with Gasteiger partial charge in [0.05, 0.1) is 0 Å². The summed E-state index contributed by atoms with van der Waals surface area (Å²) in [5.41, 5.74) is -0.150. The van der Waals surface area contributed by atoms with Crippen molar-refractivity contribution in [2.75, 3.05) is 0 Å². The largest absolute Gasteiger partial charge is 0.299 e. The van der Waals surface area contributed by atoms with Crippen molar-refractivity contribution in [2.24, 2.45) is 5.41 Å².